The number of carbonyl (C=O) groups excluding carboxylic acids is 1. The molecule has 2 heterocycles. The van der Waals surface area contributed by atoms with Crippen LogP contribution in [0.2, 0.25) is 0 Å². The van der Waals surface area contributed by atoms with Crippen LogP contribution >= 0.6 is 12.4 Å². The van der Waals surface area contributed by atoms with Gasteiger partial charge in [-0.3, -0.25) is 4.79 Å². The number of aryl methyl sites for hydroxylation is 1. The number of amides is 1. The molecule has 0 bridgehead atoms. The summed E-state index contributed by atoms with van der Waals surface area (Å²) in [4.78, 5) is 14.9. The summed E-state index contributed by atoms with van der Waals surface area (Å²) in [6.07, 6.45) is 3.77. The van der Waals surface area contributed by atoms with Crippen molar-refractivity contribution in [2.75, 3.05) is 32.8 Å². The summed E-state index contributed by atoms with van der Waals surface area (Å²) in [5, 5.41) is 3.44. The van der Waals surface area contributed by atoms with Crippen LogP contribution in [0.5, 0.6) is 0 Å². The Morgan fingerprint density at radius 3 is 2.62 bits per heavy atom. The van der Waals surface area contributed by atoms with E-state index in [1.807, 2.05) is 0 Å². The number of hydrogen-bond acceptors (Lipinski definition) is 3. The lowest BCUT2D eigenvalue weighted by atomic mass is 9.94. The summed E-state index contributed by atoms with van der Waals surface area (Å²) in [6.45, 7) is 6.33. The van der Waals surface area contributed by atoms with E-state index in [0.29, 0.717) is 18.2 Å². The van der Waals surface area contributed by atoms with Crippen molar-refractivity contribution in [3.63, 3.8) is 0 Å². The normalized spacial score (nSPS) is 22.0. The SMILES string of the molecule is CCc1ccc(C2CNCCN2C(=O)CC2CCOCC2)cc1.Cl. The zero-order chi connectivity index (χ0) is 16.1. The Morgan fingerprint density at radius 2 is 1.96 bits per heavy atom. The Kier molecular flexibility index (Phi) is 7.53. The molecule has 1 aromatic carbocycles. The minimum absolute atomic E-state index is 0. The summed E-state index contributed by atoms with van der Waals surface area (Å²) < 4.78 is 5.40. The quantitative estimate of drug-likeness (QED) is 0.905. The van der Waals surface area contributed by atoms with Crippen LogP contribution < -0.4 is 5.32 Å². The summed E-state index contributed by atoms with van der Waals surface area (Å²) in [7, 11) is 0. The average Bonchev–Trinajstić information content (AvgIpc) is 2.62. The summed E-state index contributed by atoms with van der Waals surface area (Å²) >= 11 is 0. The van der Waals surface area contributed by atoms with Gasteiger partial charge in [0.25, 0.3) is 0 Å². The van der Waals surface area contributed by atoms with Gasteiger partial charge in [0.05, 0.1) is 6.04 Å². The molecule has 1 amide bonds. The fraction of sp³-hybridized carbons (Fsp3) is 0.632. The molecule has 2 aliphatic heterocycles. The Morgan fingerprint density at radius 1 is 1.25 bits per heavy atom. The van der Waals surface area contributed by atoms with Crippen LogP contribution in [0.4, 0.5) is 0 Å². The molecule has 2 saturated heterocycles. The minimum Gasteiger partial charge on any atom is -0.381 e. The number of carbonyl (C=O) groups is 1. The van der Waals surface area contributed by atoms with Crippen LogP contribution in [0.3, 0.4) is 0 Å². The van der Waals surface area contributed by atoms with Gasteiger partial charge in [-0.2, -0.15) is 0 Å². The van der Waals surface area contributed by atoms with E-state index in [9.17, 15) is 4.79 Å². The fourth-order valence-electron chi connectivity index (χ4n) is 3.59. The standard InChI is InChI=1S/C19H28N2O2.ClH/c1-2-15-3-5-17(6-4-15)18-14-20-9-10-21(18)19(22)13-16-7-11-23-12-8-16;/h3-6,16,18,20H,2,7-14H2,1H3;1H. The molecule has 24 heavy (non-hydrogen) atoms. The monoisotopic (exact) mass is 352 g/mol. The molecule has 5 heteroatoms. The third-order valence-electron chi connectivity index (χ3n) is 5.14. The third kappa shape index (κ3) is 4.71. The van der Waals surface area contributed by atoms with Gasteiger partial charge < -0.3 is 15.0 Å². The predicted molar refractivity (Wildman–Crippen MR) is 98.6 cm³/mol. The lowest BCUT2D eigenvalue weighted by Crippen LogP contribution is -2.49. The summed E-state index contributed by atoms with van der Waals surface area (Å²) in [5.74, 6) is 0.803. The largest absolute Gasteiger partial charge is 0.381 e. The van der Waals surface area contributed by atoms with E-state index >= 15 is 0 Å². The first-order valence-electron chi connectivity index (χ1n) is 8.94. The van der Waals surface area contributed by atoms with Gasteiger partial charge >= 0.3 is 0 Å². The van der Waals surface area contributed by atoms with E-state index in [0.717, 1.165) is 52.1 Å². The maximum atomic E-state index is 12.8. The summed E-state index contributed by atoms with van der Waals surface area (Å²) in [6, 6.07) is 8.91. The zero-order valence-electron chi connectivity index (χ0n) is 14.5. The van der Waals surface area contributed by atoms with Gasteiger partial charge in [0.2, 0.25) is 5.91 Å². The van der Waals surface area contributed by atoms with E-state index in [4.69, 9.17) is 4.74 Å². The topological polar surface area (TPSA) is 41.6 Å². The number of halogens is 1. The predicted octanol–water partition coefficient (Wildman–Crippen LogP) is 2.96. The fourth-order valence-corrected chi connectivity index (χ4v) is 3.59. The molecular formula is C19H29ClN2O2. The second-order valence-electron chi connectivity index (χ2n) is 6.66. The molecule has 2 fully saturated rings. The number of nitrogens with zero attached hydrogens (tertiary/aromatic N) is 1. The maximum Gasteiger partial charge on any atom is 0.223 e. The Bertz CT molecular complexity index is 515. The maximum absolute atomic E-state index is 12.8. The molecular weight excluding hydrogens is 324 g/mol. The zero-order valence-corrected chi connectivity index (χ0v) is 15.3. The molecule has 0 spiro atoms. The van der Waals surface area contributed by atoms with Crippen LogP contribution in [0, 0.1) is 5.92 Å². The number of piperazine rings is 1. The van der Waals surface area contributed by atoms with Gasteiger partial charge in [-0.1, -0.05) is 31.2 Å². The molecule has 1 atom stereocenters. The van der Waals surface area contributed by atoms with Crippen LogP contribution in [0.15, 0.2) is 24.3 Å². The molecule has 0 saturated carbocycles. The first-order chi connectivity index (χ1) is 11.3. The lowest BCUT2D eigenvalue weighted by molar-refractivity contribution is -0.136. The molecule has 3 rings (SSSR count). The van der Waals surface area contributed by atoms with Gasteiger partial charge in [-0.15, -0.1) is 12.4 Å². The van der Waals surface area contributed by atoms with Crippen molar-refractivity contribution >= 4 is 18.3 Å². The highest BCUT2D eigenvalue weighted by Gasteiger charge is 2.29. The molecule has 0 radical (unpaired) electrons. The van der Waals surface area contributed by atoms with Gasteiger partial charge in [-0.05, 0) is 36.3 Å². The molecule has 1 aromatic rings. The van der Waals surface area contributed by atoms with E-state index in [1.165, 1.54) is 11.1 Å². The van der Waals surface area contributed by atoms with Crippen LogP contribution in [0.1, 0.15) is 43.4 Å². The molecule has 0 aliphatic carbocycles. The van der Waals surface area contributed by atoms with Crippen molar-refractivity contribution < 1.29 is 9.53 Å². The molecule has 134 valence electrons. The number of nitrogens with one attached hydrogen (secondary N) is 1. The van der Waals surface area contributed by atoms with Crippen LogP contribution in [-0.2, 0) is 16.0 Å². The molecule has 0 aromatic heterocycles. The van der Waals surface area contributed by atoms with Crippen molar-refractivity contribution in [2.45, 2.75) is 38.6 Å². The smallest absolute Gasteiger partial charge is 0.223 e. The number of rotatable bonds is 4. The van der Waals surface area contributed by atoms with Crippen molar-refractivity contribution in [3.8, 4) is 0 Å². The summed E-state index contributed by atoms with van der Waals surface area (Å²) in [5.41, 5.74) is 2.59. The van der Waals surface area contributed by atoms with Gasteiger partial charge in [0.15, 0.2) is 0 Å². The Hall–Kier alpha value is -1.10. The van der Waals surface area contributed by atoms with E-state index in [2.05, 4.69) is 41.4 Å². The van der Waals surface area contributed by atoms with Crippen molar-refractivity contribution in [3.05, 3.63) is 35.4 Å². The number of hydrogen-bond donors (Lipinski definition) is 1. The van der Waals surface area contributed by atoms with Crippen molar-refractivity contribution in [1.82, 2.24) is 10.2 Å². The third-order valence-corrected chi connectivity index (χ3v) is 5.14. The van der Waals surface area contributed by atoms with Gasteiger partial charge in [0.1, 0.15) is 0 Å². The van der Waals surface area contributed by atoms with E-state index in [1.54, 1.807) is 0 Å². The highest BCUT2D eigenvalue weighted by atomic mass is 35.5. The number of ether oxygens (including phenoxy) is 1. The second-order valence-corrected chi connectivity index (χ2v) is 6.66. The lowest BCUT2D eigenvalue weighted by Gasteiger charge is -2.37. The first kappa shape index (κ1) is 19.2. The highest BCUT2D eigenvalue weighted by Crippen LogP contribution is 2.26. The van der Waals surface area contributed by atoms with Crippen LogP contribution in [-0.4, -0.2) is 43.7 Å². The van der Waals surface area contributed by atoms with Crippen molar-refractivity contribution in [2.24, 2.45) is 5.92 Å². The molecule has 1 N–H and O–H groups in total. The van der Waals surface area contributed by atoms with Crippen LogP contribution in [0.25, 0.3) is 0 Å². The van der Waals surface area contributed by atoms with Gasteiger partial charge in [0, 0.05) is 39.3 Å². The minimum atomic E-state index is 0. The molecule has 2 aliphatic rings. The van der Waals surface area contributed by atoms with E-state index in [-0.39, 0.29) is 18.4 Å². The van der Waals surface area contributed by atoms with Gasteiger partial charge in [-0.25, -0.2) is 0 Å². The second kappa shape index (κ2) is 9.40. The molecule has 1 unspecified atom stereocenters. The molecule has 4 nitrogen and oxygen atoms in total. The first-order valence-corrected chi connectivity index (χ1v) is 8.94. The number of benzene rings is 1. The highest BCUT2D eigenvalue weighted by molar-refractivity contribution is 5.85. The van der Waals surface area contributed by atoms with E-state index < -0.39 is 0 Å². The Labute approximate surface area is 151 Å². The average molecular weight is 353 g/mol. The van der Waals surface area contributed by atoms with Crippen molar-refractivity contribution in [1.29, 1.82) is 0 Å². The Balaban J connectivity index is 0.00000208.